The molecule has 2 fully saturated rings. The van der Waals surface area contributed by atoms with E-state index in [4.69, 9.17) is 4.74 Å². The molecule has 2 saturated heterocycles. The van der Waals surface area contributed by atoms with E-state index in [2.05, 4.69) is 22.2 Å². The van der Waals surface area contributed by atoms with Gasteiger partial charge in [-0.15, -0.1) is 0 Å². The van der Waals surface area contributed by atoms with Gasteiger partial charge in [-0.05, 0) is 45.9 Å². The van der Waals surface area contributed by atoms with E-state index >= 15 is 0 Å². The van der Waals surface area contributed by atoms with Gasteiger partial charge in [0, 0.05) is 35.9 Å². The van der Waals surface area contributed by atoms with Crippen LogP contribution in [0.3, 0.4) is 0 Å². The lowest BCUT2D eigenvalue weighted by Gasteiger charge is -2.46. The Morgan fingerprint density at radius 3 is 2.52 bits per heavy atom. The van der Waals surface area contributed by atoms with Crippen molar-refractivity contribution in [1.82, 2.24) is 19.8 Å². The highest BCUT2D eigenvalue weighted by Gasteiger charge is 2.50. The number of morpholine rings is 1. The molecule has 0 spiro atoms. The fraction of sp³-hybridized carbons (Fsp3) is 0.600. The number of pyridine rings is 1. The number of aromatic nitrogens is 2. The van der Waals surface area contributed by atoms with Crippen molar-refractivity contribution in [2.24, 2.45) is 0 Å². The van der Waals surface area contributed by atoms with E-state index in [1.54, 1.807) is 12.1 Å². The third-order valence-electron chi connectivity index (χ3n) is 6.32. The molecule has 0 aliphatic carbocycles. The molecule has 6 nitrogen and oxygen atoms in total. The van der Waals surface area contributed by atoms with Crippen LogP contribution < -0.4 is 5.32 Å². The fourth-order valence-corrected chi connectivity index (χ4v) is 4.28. The van der Waals surface area contributed by atoms with E-state index < -0.39 is 11.7 Å². The van der Waals surface area contributed by atoms with Crippen molar-refractivity contribution in [3.63, 3.8) is 0 Å². The minimum Gasteiger partial charge on any atom is -0.378 e. The Morgan fingerprint density at radius 1 is 1.24 bits per heavy atom. The summed E-state index contributed by atoms with van der Waals surface area (Å²) in [6, 6.07) is 3.70. The van der Waals surface area contributed by atoms with Crippen LogP contribution in [0.15, 0.2) is 24.5 Å². The predicted octanol–water partition coefficient (Wildman–Crippen LogP) is 2.93. The van der Waals surface area contributed by atoms with Crippen LogP contribution in [-0.2, 0) is 10.3 Å². The normalized spacial score (nSPS) is 25.9. The van der Waals surface area contributed by atoms with E-state index in [0.29, 0.717) is 18.6 Å². The highest BCUT2D eigenvalue weighted by molar-refractivity contribution is 6.06. The SMILES string of the molecule is CN1C2COCC1CC(NC(=O)c1cn(C(C)(C)C(F)(F)F)c3ncccc13)C2. The molecule has 29 heavy (non-hydrogen) atoms. The first-order chi connectivity index (χ1) is 13.6. The Kier molecular flexibility index (Phi) is 4.85. The molecule has 4 heterocycles. The van der Waals surface area contributed by atoms with Crippen molar-refractivity contribution >= 4 is 16.9 Å². The van der Waals surface area contributed by atoms with Gasteiger partial charge in [-0.25, -0.2) is 4.98 Å². The molecule has 2 unspecified atom stereocenters. The summed E-state index contributed by atoms with van der Waals surface area (Å²) in [7, 11) is 2.06. The van der Waals surface area contributed by atoms with Gasteiger partial charge in [-0.3, -0.25) is 9.69 Å². The molecule has 0 saturated carbocycles. The zero-order valence-corrected chi connectivity index (χ0v) is 16.7. The number of rotatable bonds is 3. The van der Waals surface area contributed by atoms with Gasteiger partial charge in [0.2, 0.25) is 0 Å². The number of carbonyl (C=O) groups is 1. The topological polar surface area (TPSA) is 59.4 Å². The third kappa shape index (κ3) is 3.40. The number of ether oxygens (including phenoxy) is 1. The maximum absolute atomic E-state index is 13.6. The maximum atomic E-state index is 13.6. The van der Waals surface area contributed by atoms with Gasteiger partial charge >= 0.3 is 6.18 Å². The summed E-state index contributed by atoms with van der Waals surface area (Å²) in [5.41, 5.74) is -1.83. The first-order valence-electron chi connectivity index (χ1n) is 9.73. The second-order valence-electron chi connectivity index (χ2n) is 8.50. The van der Waals surface area contributed by atoms with Crippen molar-refractivity contribution in [3.05, 3.63) is 30.1 Å². The summed E-state index contributed by atoms with van der Waals surface area (Å²) in [6.07, 6.45) is -0.270. The van der Waals surface area contributed by atoms with E-state index in [9.17, 15) is 18.0 Å². The lowest BCUT2D eigenvalue weighted by molar-refractivity contribution is -0.201. The number of hydrogen-bond donors (Lipinski definition) is 1. The number of fused-ring (bicyclic) bond motifs is 3. The van der Waals surface area contributed by atoms with Gasteiger partial charge in [0.05, 0.1) is 18.8 Å². The van der Waals surface area contributed by atoms with E-state index in [-0.39, 0.29) is 35.2 Å². The number of carbonyl (C=O) groups excluding carboxylic acids is 1. The van der Waals surface area contributed by atoms with E-state index in [1.807, 2.05) is 0 Å². The Morgan fingerprint density at radius 2 is 1.90 bits per heavy atom. The summed E-state index contributed by atoms with van der Waals surface area (Å²) in [6.45, 7) is 3.42. The quantitative estimate of drug-likeness (QED) is 0.846. The maximum Gasteiger partial charge on any atom is 0.411 e. The van der Waals surface area contributed by atoms with Crippen LogP contribution >= 0.6 is 0 Å². The summed E-state index contributed by atoms with van der Waals surface area (Å²) >= 11 is 0. The molecule has 2 aromatic rings. The van der Waals surface area contributed by atoms with Gasteiger partial charge in [-0.1, -0.05) is 0 Å². The highest BCUT2D eigenvalue weighted by atomic mass is 19.4. The van der Waals surface area contributed by atoms with Crippen molar-refractivity contribution in [2.45, 2.75) is 56.5 Å². The van der Waals surface area contributed by atoms with Crippen LogP contribution in [-0.4, -0.2) is 64.9 Å². The number of nitrogens with zero attached hydrogens (tertiary/aromatic N) is 3. The van der Waals surface area contributed by atoms with Crippen LogP contribution in [0.5, 0.6) is 0 Å². The molecule has 2 aromatic heterocycles. The highest BCUT2D eigenvalue weighted by Crippen LogP contribution is 2.39. The molecule has 158 valence electrons. The molecular formula is C20H25F3N4O2. The zero-order valence-electron chi connectivity index (χ0n) is 16.7. The number of hydrogen-bond acceptors (Lipinski definition) is 4. The van der Waals surface area contributed by atoms with Gasteiger partial charge in [0.25, 0.3) is 5.91 Å². The van der Waals surface area contributed by atoms with Crippen LogP contribution in [0.4, 0.5) is 13.2 Å². The molecule has 0 radical (unpaired) electrons. The third-order valence-corrected chi connectivity index (χ3v) is 6.32. The van der Waals surface area contributed by atoms with Crippen LogP contribution in [0.1, 0.15) is 37.0 Å². The Bertz CT molecular complexity index is 910. The average Bonchev–Trinajstić information content (AvgIpc) is 3.02. The monoisotopic (exact) mass is 410 g/mol. The Hall–Kier alpha value is -2.13. The van der Waals surface area contributed by atoms with E-state index in [1.165, 1.54) is 12.4 Å². The summed E-state index contributed by atoms with van der Waals surface area (Å²) < 4.78 is 47.6. The van der Waals surface area contributed by atoms with Gasteiger partial charge in [0.15, 0.2) is 0 Å². The summed E-state index contributed by atoms with van der Waals surface area (Å²) in [4.78, 5) is 19.5. The molecule has 2 atom stereocenters. The molecule has 4 rings (SSSR count). The zero-order chi connectivity index (χ0) is 21.0. The van der Waals surface area contributed by atoms with Crippen molar-refractivity contribution in [2.75, 3.05) is 20.3 Å². The Balaban J connectivity index is 1.64. The first-order valence-corrected chi connectivity index (χ1v) is 9.73. The average molecular weight is 410 g/mol. The van der Waals surface area contributed by atoms with Crippen LogP contribution in [0, 0.1) is 0 Å². The van der Waals surface area contributed by atoms with Crippen molar-refractivity contribution < 1.29 is 22.7 Å². The second kappa shape index (κ2) is 6.98. The summed E-state index contributed by atoms with van der Waals surface area (Å²) in [5.74, 6) is -0.367. The van der Waals surface area contributed by atoms with Crippen molar-refractivity contribution in [3.8, 4) is 0 Å². The van der Waals surface area contributed by atoms with Gasteiger partial charge < -0.3 is 14.6 Å². The minimum absolute atomic E-state index is 0.0386. The second-order valence-corrected chi connectivity index (χ2v) is 8.50. The van der Waals surface area contributed by atoms with E-state index in [0.717, 1.165) is 31.3 Å². The van der Waals surface area contributed by atoms with Crippen LogP contribution in [0.2, 0.25) is 0 Å². The van der Waals surface area contributed by atoms with Crippen LogP contribution in [0.25, 0.3) is 11.0 Å². The number of piperidine rings is 1. The largest absolute Gasteiger partial charge is 0.411 e. The number of likely N-dealkylation sites (N-methyl/N-ethyl adjacent to an activating group) is 1. The molecule has 9 heteroatoms. The number of amides is 1. The molecular weight excluding hydrogens is 385 g/mol. The number of alkyl halides is 3. The predicted molar refractivity (Wildman–Crippen MR) is 102 cm³/mol. The first kappa shape index (κ1) is 20.2. The number of halogens is 3. The molecule has 2 bridgehead atoms. The fourth-order valence-electron chi connectivity index (χ4n) is 4.28. The lowest BCUT2D eigenvalue weighted by atomic mass is 9.90. The summed E-state index contributed by atoms with van der Waals surface area (Å²) in [5, 5.41) is 3.45. The molecule has 2 aliphatic rings. The number of nitrogens with one attached hydrogen (secondary N) is 1. The molecule has 2 aliphatic heterocycles. The molecule has 1 N–H and O–H groups in total. The van der Waals surface area contributed by atoms with Gasteiger partial charge in [-0.2, -0.15) is 13.2 Å². The Labute approximate surface area is 167 Å². The molecule has 0 aromatic carbocycles. The smallest absolute Gasteiger partial charge is 0.378 e. The lowest BCUT2D eigenvalue weighted by Crippen LogP contribution is -2.59. The van der Waals surface area contributed by atoms with Crippen molar-refractivity contribution in [1.29, 1.82) is 0 Å². The molecule has 1 amide bonds. The minimum atomic E-state index is -4.49. The standard InChI is InChI=1S/C20H25F3N4O2/c1-19(2,20(21,22)23)27-9-16(15-5-4-6-24-17(15)27)18(28)25-12-7-13-10-29-11-14(8-12)26(13)3/h4-6,9,12-14H,7-8,10-11H2,1-3H3,(H,25,28). The van der Waals surface area contributed by atoms with Gasteiger partial charge in [0.1, 0.15) is 11.2 Å².